The zero-order valence-electron chi connectivity index (χ0n) is 9.48. The van der Waals surface area contributed by atoms with Crippen LogP contribution in [-0.2, 0) is 0 Å². The lowest BCUT2D eigenvalue weighted by Crippen LogP contribution is -2.31. The third-order valence-corrected chi connectivity index (χ3v) is 3.49. The summed E-state index contributed by atoms with van der Waals surface area (Å²) in [7, 11) is 0. The number of imide groups is 1. The van der Waals surface area contributed by atoms with Crippen molar-refractivity contribution in [2.45, 2.75) is 19.3 Å². The van der Waals surface area contributed by atoms with Crippen molar-refractivity contribution in [3.63, 3.8) is 0 Å². The molecule has 0 aromatic heterocycles. The van der Waals surface area contributed by atoms with E-state index in [0.717, 1.165) is 6.42 Å². The molecule has 1 saturated carbocycles. The zero-order chi connectivity index (χ0) is 12.0. The van der Waals surface area contributed by atoms with Crippen LogP contribution in [0.3, 0.4) is 0 Å². The van der Waals surface area contributed by atoms with Gasteiger partial charge in [0.25, 0.3) is 11.8 Å². The summed E-state index contributed by atoms with van der Waals surface area (Å²) in [6.07, 6.45) is 3.38. The summed E-state index contributed by atoms with van der Waals surface area (Å²) < 4.78 is 0. The Morgan fingerprint density at radius 1 is 1.24 bits per heavy atom. The zero-order valence-corrected chi connectivity index (χ0v) is 9.48. The number of carbonyl (C=O) groups is 2. The number of benzene rings is 1. The molecule has 0 saturated heterocycles. The number of anilines is 1. The van der Waals surface area contributed by atoms with E-state index in [1.807, 2.05) is 0 Å². The van der Waals surface area contributed by atoms with Crippen LogP contribution in [0, 0.1) is 5.92 Å². The van der Waals surface area contributed by atoms with Crippen molar-refractivity contribution in [2.24, 2.45) is 5.92 Å². The van der Waals surface area contributed by atoms with Crippen LogP contribution in [0.2, 0.25) is 0 Å². The number of nitrogen functional groups attached to an aromatic ring is 1. The average Bonchev–Trinajstić information content (AvgIpc) is 3.08. The van der Waals surface area contributed by atoms with Crippen LogP contribution in [0.25, 0.3) is 0 Å². The Labute approximate surface area is 99.4 Å². The molecule has 1 aromatic carbocycles. The molecule has 1 fully saturated rings. The normalized spacial score (nSPS) is 18.7. The SMILES string of the molecule is Nc1cccc2c1C(=O)N(CCC1CC1)C2=O. The molecule has 17 heavy (non-hydrogen) atoms. The van der Waals surface area contributed by atoms with Gasteiger partial charge in [-0.2, -0.15) is 0 Å². The third kappa shape index (κ3) is 1.60. The van der Waals surface area contributed by atoms with E-state index in [0.29, 0.717) is 29.3 Å². The molecule has 3 rings (SSSR count). The minimum atomic E-state index is -0.233. The van der Waals surface area contributed by atoms with Crippen LogP contribution < -0.4 is 5.73 Å². The molecule has 4 heteroatoms. The predicted molar refractivity (Wildman–Crippen MR) is 63.6 cm³/mol. The first-order valence-corrected chi connectivity index (χ1v) is 5.93. The van der Waals surface area contributed by atoms with E-state index in [9.17, 15) is 9.59 Å². The smallest absolute Gasteiger partial charge is 0.263 e. The van der Waals surface area contributed by atoms with Crippen LogP contribution in [0.15, 0.2) is 18.2 Å². The molecule has 1 heterocycles. The van der Waals surface area contributed by atoms with Crippen LogP contribution in [0.5, 0.6) is 0 Å². The van der Waals surface area contributed by atoms with Crippen molar-refractivity contribution >= 4 is 17.5 Å². The van der Waals surface area contributed by atoms with Crippen LogP contribution >= 0.6 is 0 Å². The maximum atomic E-state index is 12.1. The van der Waals surface area contributed by atoms with Crippen molar-refractivity contribution in [1.29, 1.82) is 0 Å². The number of hydrogen-bond donors (Lipinski definition) is 1. The number of nitrogens with two attached hydrogens (primary N) is 1. The molecule has 0 unspecified atom stereocenters. The average molecular weight is 230 g/mol. The second-order valence-electron chi connectivity index (χ2n) is 4.76. The molecule has 1 aliphatic carbocycles. The molecular weight excluding hydrogens is 216 g/mol. The lowest BCUT2D eigenvalue weighted by Gasteiger charge is -2.12. The monoisotopic (exact) mass is 230 g/mol. The molecule has 0 radical (unpaired) electrons. The number of nitrogens with zero attached hydrogens (tertiary/aromatic N) is 1. The Morgan fingerprint density at radius 3 is 2.65 bits per heavy atom. The van der Waals surface area contributed by atoms with Gasteiger partial charge in [0.05, 0.1) is 11.1 Å². The summed E-state index contributed by atoms with van der Waals surface area (Å²) in [5, 5.41) is 0. The minimum Gasteiger partial charge on any atom is -0.398 e. The maximum absolute atomic E-state index is 12.1. The van der Waals surface area contributed by atoms with E-state index in [1.54, 1.807) is 18.2 Å². The van der Waals surface area contributed by atoms with Crippen molar-refractivity contribution in [3.05, 3.63) is 29.3 Å². The van der Waals surface area contributed by atoms with Gasteiger partial charge in [-0.1, -0.05) is 18.9 Å². The summed E-state index contributed by atoms with van der Waals surface area (Å²) in [4.78, 5) is 25.5. The van der Waals surface area contributed by atoms with E-state index < -0.39 is 0 Å². The fourth-order valence-corrected chi connectivity index (χ4v) is 2.28. The van der Waals surface area contributed by atoms with Crippen LogP contribution in [0.1, 0.15) is 40.0 Å². The predicted octanol–water partition coefficient (Wildman–Crippen LogP) is 1.66. The lowest BCUT2D eigenvalue weighted by molar-refractivity contribution is 0.0651. The minimum absolute atomic E-state index is 0.196. The van der Waals surface area contributed by atoms with E-state index in [-0.39, 0.29) is 11.8 Å². The highest BCUT2D eigenvalue weighted by molar-refractivity contribution is 6.23. The van der Waals surface area contributed by atoms with Gasteiger partial charge in [-0.3, -0.25) is 14.5 Å². The topological polar surface area (TPSA) is 63.4 Å². The number of rotatable bonds is 3. The lowest BCUT2D eigenvalue weighted by atomic mass is 10.1. The van der Waals surface area contributed by atoms with Gasteiger partial charge < -0.3 is 5.73 Å². The van der Waals surface area contributed by atoms with E-state index in [4.69, 9.17) is 5.73 Å². The van der Waals surface area contributed by atoms with Crippen molar-refractivity contribution in [1.82, 2.24) is 4.90 Å². The number of carbonyl (C=O) groups excluding carboxylic acids is 2. The second-order valence-corrected chi connectivity index (χ2v) is 4.76. The van der Waals surface area contributed by atoms with Crippen molar-refractivity contribution in [3.8, 4) is 0 Å². The van der Waals surface area contributed by atoms with Gasteiger partial charge in [-0.15, -0.1) is 0 Å². The highest BCUT2D eigenvalue weighted by Crippen LogP contribution is 2.34. The molecule has 4 nitrogen and oxygen atoms in total. The summed E-state index contributed by atoms with van der Waals surface area (Å²) in [5.41, 5.74) is 6.99. The first-order chi connectivity index (χ1) is 8.18. The second kappa shape index (κ2) is 3.58. The molecule has 2 amide bonds. The summed E-state index contributed by atoms with van der Waals surface area (Å²) >= 11 is 0. The third-order valence-electron chi connectivity index (χ3n) is 3.49. The largest absolute Gasteiger partial charge is 0.398 e. The number of hydrogen-bond acceptors (Lipinski definition) is 3. The van der Waals surface area contributed by atoms with Crippen LogP contribution in [0.4, 0.5) is 5.69 Å². The Kier molecular flexibility index (Phi) is 2.18. The van der Waals surface area contributed by atoms with Gasteiger partial charge in [-0.05, 0) is 24.5 Å². The van der Waals surface area contributed by atoms with E-state index in [1.165, 1.54) is 17.7 Å². The Hall–Kier alpha value is -1.84. The Balaban J connectivity index is 1.88. The molecule has 1 aromatic rings. The van der Waals surface area contributed by atoms with Crippen molar-refractivity contribution in [2.75, 3.05) is 12.3 Å². The van der Waals surface area contributed by atoms with Gasteiger partial charge in [0.15, 0.2) is 0 Å². The summed E-state index contributed by atoms with van der Waals surface area (Å²) in [5.74, 6) is 0.276. The van der Waals surface area contributed by atoms with E-state index in [2.05, 4.69) is 0 Å². The highest BCUT2D eigenvalue weighted by Gasteiger charge is 2.37. The van der Waals surface area contributed by atoms with Crippen LogP contribution in [-0.4, -0.2) is 23.3 Å². The molecule has 2 N–H and O–H groups in total. The van der Waals surface area contributed by atoms with Gasteiger partial charge >= 0.3 is 0 Å². The Morgan fingerprint density at radius 2 is 2.00 bits per heavy atom. The quantitative estimate of drug-likeness (QED) is 0.634. The number of fused-ring (bicyclic) bond motifs is 1. The van der Waals surface area contributed by atoms with Gasteiger partial charge in [-0.25, -0.2) is 0 Å². The Bertz CT molecular complexity index is 506. The van der Waals surface area contributed by atoms with Gasteiger partial charge in [0.2, 0.25) is 0 Å². The molecule has 88 valence electrons. The molecule has 1 aliphatic heterocycles. The van der Waals surface area contributed by atoms with Gasteiger partial charge in [0.1, 0.15) is 0 Å². The van der Waals surface area contributed by atoms with Gasteiger partial charge in [0, 0.05) is 12.2 Å². The standard InChI is InChI=1S/C13H14N2O2/c14-10-3-1-2-9-11(10)13(17)15(12(9)16)7-6-8-4-5-8/h1-3,8H,4-7,14H2. The maximum Gasteiger partial charge on any atom is 0.263 e. The highest BCUT2D eigenvalue weighted by atomic mass is 16.2. The molecular formula is C13H14N2O2. The van der Waals surface area contributed by atoms with Crippen molar-refractivity contribution < 1.29 is 9.59 Å². The first-order valence-electron chi connectivity index (χ1n) is 5.93. The first kappa shape index (κ1) is 10.3. The molecule has 0 atom stereocenters. The molecule has 0 bridgehead atoms. The fraction of sp³-hybridized carbons (Fsp3) is 0.385. The van der Waals surface area contributed by atoms with E-state index >= 15 is 0 Å². The molecule has 2 aliphatic rings. The fourth-order valence-electron chi connectivity index (χ4n) is 2.28. The summed E-state index contributed by atoms with van der Waals surface area (Å²) in [6.45, 7) is 0.524. The molecule has 0 spiro atoms. The number of amides is 2. The summed E-state index contributed by atoms with van der Waals surface area (Å²) in [6, 6.07) is 5.04.